The highest BCUT2D eigenvalue weighted by Crippen LogP contribution is 2.23. The fourth-order valence-corrected chi connectivity index (χ4v) is 3.65. The number of imidazole rings is 1. The number of rotatable bonds is 8. The van der Waals surface area contributed by atoms with Crippen molar-refractivity contribution in [3.05, 3.63) is 71.5 Å². The quantitative estimate of drug-likeness (QED) is 0.235. The number of fused-ring (bicyclic) bond motifs is 1. The van der Waals surface area contributed by atoms with Gasteiger partial charge in [0, 0.05) is 14.1 Å². The van der Waals surface area contributed by atoms with E-state index in [9.17, 15) is 29.4 Å². The molecule has 0 fully saturated rings. The molecule has 3 heterocycles. The van der Waals surface area contributed by atoms with Gasteiger partial charge in [0.1, 0.15) is 18.5 Å². The predicted octanol–water partition coefficient (Wildman–Crippen LogP) is -0.0664. The van der Waals surface area contributed by atoms with Gasteiger partial charge in [-0.05, 0) is 24.1 Å². The Morgan fingerprint density at radius 1 is 1.11 bits per heavy atom. The first kappa shape index (κ1) is 25.3. The standard InChI is InChI=1S/C22H24N8O7/c1-4-11-6-5-7-13(8-11)37-10-12(31)9-30-15-16(28(2)22(36)29(3)19(15)34)23-20(30)27-26-14-17(32)24-21(35)25-18(14)33/h5-8,12,31H,4,9-10H2,1-3H3,(H3,24,25,32,33,35). The molecular formula is C22H24N8O7. The van der Waals surface area contributed by atoms with Crippen LogP contribution >= 0.6 is 0 Å². The number of aliphatic hydroxyl groups is 1. The van der Waals surface area contributed by atoms with Gasteiger partial charge in [-0.1, -0.05) is 19.1 Å². The monoisotopic (exact) mass is 512 g/mol. The Morgan fingerprint density at radius 3 is 2.57 bits per heavy atom. The van der Waals surface area contributed by atoms with Crippen LogP contribution in [0.25, 0.3) is 11.2 Å². The second-order valence-electron chi connectivity index (χ2n) is 8.17. The zero-order valence-corrected chi connectivity index (χ0v) is 20.1. The van der Waals surface area contributed by atoms with Gasteiger partial charge in [0.05, 0.1) is 6.54 Å². The molecule has 3 aromatic heterocycles. The van der Waals surface area contributed by atoms with Crippen LogP contribution in [0.4, 0.5) is 11.6 Å². The van der Waals surface area contributed by atoms with Crippen LogP contribution < -0.4 is 27.2 Å². The number of aromatic hydroxyl groups is 1. The van der Waals surface area contributed by atoms with Crippen molar-refractivity contribution in [2.75, 3.05) is 6.61 Å². The van der Waals surface area contributed by atoms with E-state index in [-0.39, 0.29) is 30.3 Å². The fourth-order valence-electron chi connectivity index (χ4n) is 3.65. The number of aliphatic hydroxyl groups excluding tert-OH is 1. The van der Waals surface area contributed by atoms with Crippen molar-refractivity contribution in [1.82, 2.24) is 28.7 Å². The zero-order valence-electron chi connectivity index (χ0n) is 20.1. The molecule has 4 N–H and O–H groups in total. The first-order valence-corrected chi connectivity index (χ1v) is 11.1. The number of hydrogen-bond donors (Lipinski definition) is 4. The van der Waals surface area contributed by atoms with Crippen molar-refractivity contribution in [3.8, 4) is 11.6 Å². The highest BCUT2D eigenvalue weighted by Gasteiger charge is 2.22. The van der Waals surface area contributed by atoms with Crippen LogP contribution in [0.15, 0.2) is 53.7 Å². The third-order valence-electron chi connectivity index (χ3n) is 5.61. The summed E-state index contributed by atoms with van der Waals surface area (Å²) in [5.41, 5.74) is -2.94. The lowest BCUT2D eigenvalue weighted by Crippen LogP contribution is -2.38. The van der Waals surface area contributed by atoms with Gasteiger partial charge in [-0.3, -0.25) is 33.3 Å². The molecule has 0 spiro atoms. The van der Waals surface area contributed by atoms with Crippen LogP contribution in [0, 0.1) is 0 Å². The molecule has 0 aliphatic carbocycles. The average Bonchev–Trinajstić information content (AvgIpc) is 3.22. The Hall–Kier alpha value is -4.79. The molecule has 37 heavy (non-hydrogen) atoms. The summed E-state index contributed by atoms with van der Waals surface area (Å²) in [6, 6.07) is 7.38. The number of nitrogens with one attached hydrogen (secondary N) is 2. The molecule has 15 nitrogen and oxygen atoms in total. The lowest BCUT2D eigenvalue weighted by atomic mass is 10.2. The van der Waals surface area contributed by atoms with E-state index in [0.29, 0.717) is 5.75 Å². The molecule has 0 bridgehead atoms. The molecule has 1 atom stereocenters. The van der Waals surface area contributed by atoms with Crippen LogP contribution in [0.2, 0.25) is 0 Å². The van der Waals surface area contributed by atoms with Gasteiger partial charge < -0.3 is 14.9 Å². The molecule has 0 amide bonds. The molecule has 15 heteroatoms. The molecule has 0 aliphatic heterocycles. The molecule has 194 valence electrons. The topological polar surface area (TPSA) is 202 Å². The highest BCUT2D eigenvalue weighted by molar-refractivity contribution is 5.73. The van der Waals surface area contributed by atoms with Crippen LogP contribution in [0.5, 0.6) is 11.6 Å². The van der Waals surface area contributed by atoms with E-state index in [4.69, 9.17) is 4.74 Å². The Kier molecular flexibility index (Phi) is 6.88. The van der Waals surface area contributed by atoms with Gasteiger partial charge in [-0.15, -0.1) is 10.2 Å². The zero-order chi connectivity index (χ0) is 26.9. The molecular weight excluding hydrogens is 488 g/mol. The number of aromatic amines is 2. The Labute approximate surface area is 207 Å². The Bertz CT molecular complexity index is 1740. The summed E-state index contributed by atoms with van der Waals surface area (Å²) >= 11 is 0. The molecule has 0 saturated carbocycles. The summed E-state index contributed by atoms with van der Waals surface area (Å²) in [4.78, 5) is 56.7. The largest absolute Gasteiger partial charge is 0.493 e. The van der Waals surface area contributed by atoms with Crippen molar-refractivity contribution < 1.29 is 14.9 Å². The lowest BCUT2D eigenvalue weighted by molar-refractivity contribution is 0.0937. The van der Waals surface area contributed by atoms with E-state index in [1.54, 1.807) is 6.07 Å². The maximum Gasteiger partial charge on any atom is 0.332 e. The number of azo groups is 1. The second kappa shape index (κ2) is 10.1. The summed E-state index contributed by atoms with van der Waals surface area (Å²) in [5, 5.41) is 28.1. The van der Waals surface area contributed by atoms with Gasteiger partial charge in [-0.25, -0.2) is 9.59 Å². The van der Waals surface area contributed by atoms with Gasteiger partial charge in [0.15, 0.2) is 11.2 Å². The summed E-state index contributed by atoms with van der Waals surface area (Å²) in [7, 11) is 2.70. The van der Waals surface area contributed by atoms with Gasteiger partial charge in [0.2, 0.25) is 11.6 Å². The Balaban J connectivity index is 1.75. The summed E-state index contributed by atoms with van der Waals surface area (Å²) in [6.45, 7) is 1.62. The Morgan fingerprint density at radius 2 is 1.86 bits per heavy atom. The number of benzene rings is 1. The van der Waals surface area contributed by atoms with Crippen molar-refractivity contribution in [1.29, 1.82) is 0 Å². The lowest BCUT2D eigenvalue weighted by Gasteiger charge is -2.15. The van der Waals surface area contributed by atoms with E-state index < -0.39 is 40.2 Å². The van der Waals surface area contributed by atoms with Crippen molar-refractivity contribution in [3.63, 3.8) is 0 Å². The van der Waals surface area contributed by atoms with E-state index in [2.05, 4.69) is 15.2 Å². The molecule has 4 aromatic rings. The van der Waals surface area contributed by atoms with E-state index in [1.807, 2.05) is 35.1 Å². The second-order valence-corrected chi connectivity index (χ2v) is 8.17. The summed E-state index contributed by atoms with van der Waals surface area (Å²) in [5.74, 6) is -0.517. The molecule has 1 aromatic carbocycles. The van der Waals surface area contributed by atoms with E-state index in [1.165, 1.54) is 18.7 Å². The van der Waals surface area contributed by atoms with Crippen LogP contribution in [0.1, 0.15) is 12.5 Å². The number of hydrogen-bond acceptors (Lipinski definition) is 10. The molecule has 4 rings (SSSR count). The average molecular weight is 512 g/mol. The first-order chi connectivity index (χ1) is 17.6. The number of nitrogens with zero attached hydrogens (tertiary/aromatic N) is 6. The number of H-pyrrole nitrogens is 2. The minimum Gasteiger partial charge on any atom is -0.493 e. The van der Waals surface area contributed by atoms with Gasteiger partial charge >= 0.3 is 11.4 Å². The minimum atomic E-state index is -1.15. The number of aromatic nitrogens is 6. The van der Waals surface area contributed by atoms with Gasteiger partial charge in [0.25, 0.3) is 17.1 Å². The van der Waals surface area contributed by atoms with Crippen molar-refractivity contribution in [2.45, 2.75) is 26.0 Å². The van der Waals surface area contributed by atoms with Crippen LogP contribution in [-0.2, 0) is 27.1 Å². The summed E-state index contributed by atoms with van der Waals surface area (Å²) in [6.07, 6.45) is -0.339. The van der Waals surface area contributed by atoms with E-state index in [0.717, 1.165) is 21.1 Å². The van der Waals surface area contributed by atoms with E-state index >= 15 is 0 Å². The van der Waals surface area contributed by atoms with Crippen LogP contribution in [0.3, 0.4) is 0 Å². The highest BCUT2D eigenvalue weighted by atomic mass is 16.5. The SMILES string of the molecule is CCc1cccc(OCC(O)Cn2c(N=Nc3c(O)[nH]c(=O)[nH]c3=O)nc3c2c(=O)n(C)c(=O)n3C)c1. The molecule has 0 aliphatic rings. The molecule has 1 unspecified atom stereocenters. The first-order valence-electron chi connectivity index (χ1n) is 11.1. The van der Waals surface area contributed by atoms with Crippen molar-refractivity contribution >= 4 is 22.8 Å². The third-order valence-corrected chi connectivity index (χ3v) is 5.61. The third kappa shape index (κ3) is 4.97. The van der Waals surface area contributed by atoms with Gasteiger partial charge in [-0.2, -0.15) is 4.98 Å². The fraction of sp³-hybridized carbons (Fsp3) is 0.318. The number of ether oxygens (including phenoxy) is 1. The van der Waals surface area contributed by atoms with Crippen molar-refractivity contribution in [2.24, 2.45) is 24.3 Å². The molecule has 0 radical (unpaired) electrons. The smallest absolute Gasteiger partial charge is 0.332 e. The maximum atomic E-state index is 13.0. The predicted molar refractivity (Wildman–Crippen MR) is 131 cm³/mol. The minimum absolute atomic E-state index is 0.0367. The summed E-state index contributed by atoms with van der Waals surface area (Å²) < 4.78 is 8.92. The normalized spacial score (nSPS) is 12.4. The maximum absolute atomic E-state index is 13.0. The van der Waals surface area contributed by atoms with Crippen LogP contribution in [-0.4, -0.2) is 51.6 Å². The molecule has 0 saturated heterocycles. The number of aryl methyl sites for hydroxylation is 2.